The van der Waals surface area contributed by atoms with E-state index in [4.69, 9.17) is 4.74 Å². The summed E-state index contributed by atoms with van der Waals surface area (Å²) in [6.07, 6.45) is 5.27. The summed E-state index contributed by atoms with van der Waals surface area (Å²) in [7, 11) is 0. The van der Waals surface area contributed by atoms with Crippen molar-refractivity contribution in [3.05, 3.63) is 5.82 Å². The number of hydrogen-bond donors (Lipinski definition) is 0. The molecule has 0 bridgehead atoms. The van der Waals surface area contributed by atoms with Gasteiger partial charge >= 0.3 is 6.18 Å². The summed E-state index contributed by atoms with van der Waals surface area (Å²) < 4.78 is 48.8. The zero-order chi connectivity index (χ0) is 24.5. The van der Waals surface area contributed by atoms with Crippen molar-refractivity contribution >= 4 is 0 Å². The van der Waals surface area contributed by atoms with E-state index in [9.17, 15) is 13.2 Å². The molecule has 4 rings (SSSR count). The normalized spacial score (nSPS) is 36.8. The largest absolute Gasteiger partial charge is 0.393 e. The molecule has 0 N–H and O–H groups in total. The molecule has 34 heavy (non-hydrogen) atoms. The smallest absolute Gasteiger partial charge is 0.382 e. The molecule has 0 radical (unpaired) electrons. The number of rotatable bonds is 9. The van der Waals surface area contributed by atoms with Crippen LogP contribution in [0, 0.1) is 53.8 Å². The third-order valence-corrected chi connectivity index (χ3v) is 9.87. The molecule has 3 saturated carbocycles. The summed E-state index contributed by atoms with van der Waals surface area (Å²) in [5, 5.41) is 11.7. The summed E-state index contributed by atoms with van der Waals surface area (Å²) >= 11 is 0. The van der Waals surface area contributed by atoms with Crippen LogP contribution in [0.3, 0.4) is 0 Å². The van der Waals surface area contributed by atoms with E-state index < -0.39 is 12.1 Å². The van der Waals surface area contributed by atoms with Crippen molar-refractivity contribution in [3.8, 4) is 0 Å². The molecule has 194 valence electrons. The molecule has 0 aliphatic heterocycles. The minimum atomic E-state index is -4.26. The highest BCUT2D eigenvalue weighted by Gasteiger charge is 2.61. The summed E-state index contributed by atoms with van der Waals surface area (Å²) in [5.41, 5.74) is -0.258. The van der Waals surface area contributed by atoms with Gasteiger partial charge in [-0.2, -0.15) is 18.0 Å². The Morgan fingerprint density at radius 3 is 2.53 bits per heavy atom. The Morgan fingerprint density at radius 1 is 1.09 bits per heavy atom. The van der Waals surface area contributed by atoms with Crippen LogP contribution in [0.25, 0.3) is 0 Å². The molecule has 8 heteroatoms. The van der Waals surface area contributed by atoms with Gasteiger partial charge in [-0.25, -0.2) is 0 Å². The fourth-order valence-electron chi connectivity index (χ4n) is 8.49. The highest BCUT2D eigenvalue weighted by molar-refractivity contribution is 5.07. The molecule has 4 unspecified atom stereocenters. The van der Waals surface area contributed by atoms with Crippen LogP contribution in [0.1, 0.15) is 84.4 Å². The second-order valence-corrected chi connectivity index (χ2v) is 11.5. The summed E-state index contributed by atoms with van der Waals surface area (Å²) in [6, 6.07) is 0. The summed E-state index contributed by atoms with van der Waals surface area (Å²) in [4.78, 5) is 1.16. The van der Waals surface area contributed by atoms with E-state index in [1.165, 1.54) is 25.7 Å². The molecule has 1 aromatic heterocycles. The molecule has 0 spiro atoms. The third-order valence-electron chi connectivity index (χ3n) is 9.87. The van der Waals surface area contributed by atoms with Gasteiger partial charge in [-0.05, 0) is 105 Å². The first-order valence-corrected chi connectivity index (χ1v) is 13.6. The van der Waals surface area contributed by atoms with Crippen LogP contribution in [0.5, 0.6) is 0 Å². The topological polar surface area (TPSA) is 52.8 Å². The second kappa shape index (κ2) is 10.4. The van der Waals surface area contributed by atoms with Gasteiger partial charge in [0.05, 0.1) is 12.5 Å². The standard InChI is InChI=1S/C26H43F3N4O/c1-5-7-19-18(13-15-34-6-2)8-9-21-20(19)12-14-25(4)22(21)10-11-23(25)24(26(27,28)29)16-33-31-17(3)30-32-33/h18-24H,5-16H2,1-4H3/t18-,19+,20?,21-,22?,23?,24?,25+/m1/s1. The van der Waals surface area contributed by atoms with Crippen LogP contribution in [0.2, 0.25) is 0 Å². The van der Waals surface area contributed by atoms with Crippen molar-refractivity contribution < 1.29 is 17.9 Å². The van der Waals surface area contributed by atoms with Gasteiger partial charge in [-0.3, -0.25) is 0 Å². The van der Waals surface area contributed by atoms with Gasteiger partial charge in [-0.1, -0.05) is 26.7 Å². The molecule has 3 aliphatic rings. The fourth-order valence-corrected chi connectivity index (χ4v) is 8.49. The van der Waals surface area contributed by atoms with E-state index in [0.29, 0.717) is 41.8 Å². The van der Waals surface area contributed by atoms with E-state index in [2.05, 4.69) is 29.3 Å². The molecule has 1 heterocycles. The average molecular weight is 485 g/mol. The minimum absolute atomic E-state index is 0.219. The maximum atomic E-state index is 14.4. The van der Waals surface area contributed by atoms with Crippen molar-refractivity contribution in [3.63, 3.8) is 0 Å². The van der Waals surface area contributed by atoms with Gasteiger partial charge in [0.15, 0.2) is 5.82 Å². The van der Waals surface area contributed by atoms with Gasteiger partial charge in [-0.15, -0.1) is 10.2 Å². The average Bonchev–Trinajstić information content (AvgIpc) is 3.35. The van der Waals surface area contributed by atoms with Crippen LogP contribution < -0.4 is 0 Å². The van der Waals surface area contributed by atoms with E-state index >= 15 is 0 Å². The highest BCUT2D eigenvalue weighted by Crippen LogP contribution is 2.66. The lowest BCUT2D eigenvalue weighted by Gasteiger charge is -2.55. The zero-order valence-electron chi connectivity index (χ0n) is 21.4. The Hall–Kier alpha value is -1.18. The molecule has 1 aromatic rings. The summed E-state index contributed by atoms with van der Waals surface area (Å²) in [6.45, 7) is 9.55. The number of ether oxygens (including phenoxy) is 1. The molecular weight excluding hydrogens is 441 g/mol. The SMILES string of the molecule is CCC[C@@H]1C2CC[C@]3(C)C(C(Cn4nnc(C)n4)C(F)(F)F)CCC3[C@@H]2CC[C@@H]1CCOCC. The first-order valence-electron chi connectivity index (χ1n) is 13.6. The quantitative estimate of drug-likeness (QED) is 0.377. The van der Waals surface area contributed by atoms with Gasteiger partial charge < -0.3 is 4.74 Å². The van der Waals surface area contributed by atoms with E-state index in [-0.39, 0.29) is 17.9 Å². The number of halogens is 3. The van der Waals surface area contributed by atoms with Crippen LogP contribution in [-0.4, -0.2) is 39.6 Å². The number of alkyl halides is 3. The molecule has 0 saturated heterocycles. The first kappa shape index (κ1) is 25.9. The van der Waals surface area contributed by atoms with Crippen molar-refractivity contribution in [2.75, 3.05) is 13.2 Å². The van der Waals surface area contributed by atoms with Gasteiger partial charge in [0.1, 0.15) is 0 Å². The second-order valence-electron chi connectivity index (χ2n) is 11.5. The molecule has 3 fully saturated rings. The molecule has 3 aliphatic carbocycles. The van der Waals surface area contributed by atoms with Crippen LogP contribution in [0.15, 0.2) is 0 Å². The third kappa shape index (κ3) is 5.03. The van der Waals surface area contributed by atoms with Crippen LogP contribution in [-0.2, 0) is 11.3 Å². The number of nitrogens with zero attached hydrogens (tertiary/aromatic N) is 4. The Kier molecular flexibility index (Phi) is 7.95. The summed E-state index contributed by atoms with van der Waals surface area (Å²) in [5.74, 6) is 1.68. The maximum absolute atomic E-state index is 14.4. The fraction of sp³-hybridized carbons (Fsp3) is 0.962. The van der Waals surface area contributed by atoms with Crippen molar-refractivity contribution in [2.45, 2.75) is 98.2 Å². The van der Waals surface area contributed by atoms with Crippen LogP contribution in [0.4, 0.5) is 13.2 Å². The molecule has 8 atom stereocenters. The lowest BCUT2D eigenvalue weighted by atomic mass is 9.50. The Labute approximate surface area is 202 Å². The predicted molar refractivity (Wildman–Crippen MR) is 125 cm³/mol. The van der Waals surface area contributed by atoms with Gasteiger partial charge in [0, 0.05) is 13.2 Å². The molecule has 5 nitrogen and oxygen atoms in total. The predicted octanol–water partition coefficient (Wildman–Crippen LogP) is 6.47. The Balaban J connectivity index is 1.53. The number of aryl methyl sites for hydroxylation is 1. The van der Waals surface area contributed by atoms with Crippen molar-refractivity contribution in [1.82, 2.24) is 20.2 Å². The minimum Gasteiger partial charge on any atom is -0.382 e. The highest BCUT2D eigenvalue weighted by atomic mass is 19.4. The molecular formula is C26H43F3N4O. The lowest BCUT2D eigenvalue weighted by Crippen LogP contribution is -2.50. The molecule has 0 amide bonds. The van der Waals surface area contributed by atoms with Crippen molar-refractivity contribution in [1.29, 1.82) is 0 Å². The maximum Gasteiger partial charge on any atom is 0.393 e. The number of tetrazole rings is 1. The Morgan fingerprint density at radius 2 is 1.88 bits per heavy atom. The number of aromatic nitrogens is 4. The monoisotopic (exact) mass is 484 g/mol. The number of hydrogen-bond acceptors (Lipinski definition) is 4. The van der Waals surface area contributed by atoms with E-state index in [0.717, 1.165) is 43.7 Å². The Bertz CT molecular complexity index is 799. The van der Waals surface area contributed by atoms with E-state index in [1.54, 1.807) is 6.92 Å². The van der Waals surface area contributed by atoms with E-state index in [1.807, 2.05) is 6.92 Å². The number of fused-ring (bicyclic) bond motifs is 3. The first-order chi connectivity index (χ1) is 16.2. The zero-order valence-corrected chi connectivity index (χ0v) is 21.4. The van der Waals surface area contributed by atoms with Crippen molar-refractivity contribution in [2.24, 2.45) is 46.8 Å². The molecule has 0 aromatic carbocycles. The van der Waals surface area contributed by atoms with Crippen LogP contribution >= 0.6 is 0 Å². The van der Waals surface area contributed by atoms with Gasteiger partial charge in [0.25, 0.3) is 0 Å². The lowest BCUT2D eigenvalue weighted by molar-refractivity contribution is -0.209. The van der Waals surface area contributed by atoms with Gasteiger partial charge in [0.2, 0.25) is 0 Å².